The van der Waals surface area contributed by atoms with E-state index in [9.17, 15) is 9.90 Å². The number of imidazole rings is 1. The number of para-hydroxylation sites is 2. The maximum absolute atomic E-state index is 12.3. The minimum absolute atomic E-state index is 0.0273. The highest BCUT2D eigenvalue weighted by Gasteiger charge is 2.35. The highest BCUT2D eigenvalue weighted by Crippen LogP contribution is 2.36. The van der Waals surface area contributed by atoms with Crippen LogP contribution in [0.25, 0.3) is 11.0 Å². The Morgan fingerprint density at radius 3 is 2.88 bits per heavy atom. The van der Waals surface area contributed by atoms with Crippen molar-refractivity contribution in [1.82, 2.24) is 30.0 Å². The summed E-state index contributed by atoms with van der Waals surface area (Å²) < 4.78 is 1.96. The van der Waals surface area contributed by atoms with E-state index in [2.05, 4.69) is 25.5 Å². The molecule has 0 saturated heterocycles. The molecular formula is C18H22N6O2. The molecule has 0 radical (unpaired) electrons. The smallest absolute Gasteiger partial charge is 0.227 e. The Labute approximate surface area is 150 Å². The standard InChI is InChI=1S/C18H22N6O2/c1-2-24-16(10-25)22-23-18(24)11-7-12(8-11)19-17(26)9-15-20-13-5-3-4-6-14(13)21-15/h3-6,11-12,25H,2,7-10H2,1H3,(H,19,26)(H,20,21). The number of H-pyrrole nitrogens is 1. The van der Waals surface area contributed by atoms with E-state index in [1.54, 1.807) is 0 Å². The Kier molecular flexibility index (Phi) is 4.42. The van der Waals surface area contributed by atoms with E-state index in [0.717, 1.165) is 36.2 Å². The number of carbonyl (C=O) groups is 1. The Morgan fingerprint density at radius 1 is 1.35 bits per heavy atom. The zero-order chi connectivity index (χ0) is 18.1. The number of aliphatic hydroxyl groups is 1. The van der Waals surface area contributed by atoms with Crippen LogP contribution < -0.4 is 5.32 Å². The van der Waals surface area contributed by atoms with Gasteiger partial charge in [0, 0.05) is 18.5 Å². The number of hydrogen-bond donors (Lipinski definition) is 3. The van der Waals surface area contributed by atoms with Crippen molar-refractivity contribution in [3.63, 3.8) is 0 Å². The van der Waals surface area contributed by atoms with E-state index in [1.807, 2.05) is 35.8 Å². The molecule has 8 nitrogen and oxygen atoms in total. The minimum Gasteiger partial charge on any atom is -0.388 e. The highest BCUT2D eigenvalue weighted by molar-refractivity contribution is 5.80. The second-order valence-electron chi connectivity index (χ2n) is 6.69. The maximum Gasteiger partial charge on any atom is 0.227 e. The van der Waals surface area contributed by atoms with Gasteiger partial charge in [0.05, 0.1) is 17.5 Å². The summed E-state index contributed by atoms with van der Waals surface area (Å²) in [5.74, 6) is 2.43. The molecule has 0 spiro atoms. The van der Waals surface area contributed by atoms with Crippen molar-refractivity contribution < 1.29 is 9.90 Å². The van der Waals surface area contributed by atoms with Gasteiger partial charge in [-0.25, -0.2) is 4.98 Å². The topological polar surface area (TPSA) is 109 Å². The van der Waals surface area contributed by atoms with Crippen LogP contribution in [0.5, 0.6) is 0 Å². The number of aromatic nitrogens is 5. The first-order valence-electron chi connectivity index (χ1n) is 8.93. The van der Waals surface area contributed by atoms with Crippen LogP contribution in [0.1, 0.15) is 43.2 Å². The maximum atomic E-state index is 12.3. The highest BCUT2D eigenvalue weighted by atomic mass is 16.3. The lowest BCUT2D eigenvalue weighted by Gasteiger charge is -2.35. The van der Waals surface area contributed by atoms with Gasteiger partial charge in [0.15, 0.2) is 5.82 Å². The van der Waals surface area contributed by atoms with Crippen LogP contribution in [0.4, 0.5) is 0 Å². The molecule has 2 aromatic heterocycles. The largest absolute Gasteiger partial charge is 0.388 e. The fraction of sp³-hybridized carbons (Fsp3) is 0.444. The third-order valence-electron chi connectivity index (χ3n) is 4.95. The molecule has 136 valence electrons. The van der Waals surface area contributed by atoms with Crippen molar-refractivity contribution in [2.24, 2.45) is 0 Å². The average molecular weight is 354 g/mol. The number of nitrogens with one attached hydrogen (secondary N) is 2. The van der Waals surface area contributed by atoms with Gasteiger partial charge in [0.2, 0.25) is 5.91 Å². The van der Waals surface area contributed by atoms with E-state index in [0.29, 0.717) is 11.6 Å². The summed E-state index contributed by atoms with van der Waals surface area (Å²) >= 11 is 0. The molecule has 8 heteroatoms. The average Bonchev–Trinajstić information content (AvgIpc) is 3.19. The predicted octanol–water partition coefficient (Wildman–Crippen LogP) is 1.27. The molecule has 0 atom stereocenters. The molecule has 0 unspecified atom stereocenters. The molecule has 3 aromatic rings. The van der Waals surface area contributed by atoms with Crippen LogP contribution in [0, 0.1) is 0 Å². The van der Waals surface area contributed by atoms with Crippen molar-refractivity contribution in [2.45, 2.75) is 51.3 Å². The number of carbonyl (C=O) groups excluding carboxylic acids is 1. The van der Waals surface area contributed by atoms with Crippen molar-refractivity contribution in [1.29, 1.82) is 0 Å². The lowest BCUT2D eigenvalue weighted by Crippen LogP contribution is -2.44. The van der Waals surface area contributed by atoms with Crippen LogP contribution in [0.15, 0.2) is 24.3 Å². The first-order chi connectivity index (χ1) is 12.7. The van der Waals surface area contributed by atoms with Crippen molar-refractivity contribution in [3.05, 3.63) is 41.7 Å². The number of rotatable bonds is 6. The first kappa shape index (κ1) is 16.7. The zero-order valence-corrected chi connectivity index (χ0v) is 14.6. The molecule has 1 aliphatic carbocycles. The Bertz CT molecular complexity index is 892. The summed E-state index contributed by atoms with van der Waals surface area (Å²) in [6.07, 6.45) is 1.93. The second-order valence-corrected chi connectivity index (χ2v) is 6.69. The summed E-state index contributed by atoms with van der Waals surface area (Å²) in [6.45, 7) is 2.64. The third-order valence-corrected chi connectivity index (χ3v) is 4.95. The van der Waals surface area contributed by atoms with Crippen molar-refractivity contribution >= 4 is 16.9 Å². The molecule has 1 amide bonds. The van der Waals surface area contributed by atoms with E-state index < -0.39 is 0 Å². The fourth-order valence-corrected chi connectivity index (χ4v) is 3.58. The summed E-state index contributed by atoms with van der Waals surface area (Å²) in [6, 6.07) is 7.89. The second kappa shape index (κ2) is 6.87. The molecule has 1 aliphatic rings. The Hall–Kier alpha value is -2.74. The zero-order valence-electron chi connectivity index (χ0n) is 14.6. The molecule has 0 bridgehead atoms. The van der Waals surface area contributed by atoms with Gasteiger partial charge >= 0.3 is 0 Å². The molecule has 1 aromatic carbocycles. The van der Waals surface area contributed by atoms with Crippen LogP contribution >= 0.6 is 0 Å². The van der Waals surface area contributed by atoms with E-state index in [1.165, 1.54) is 0 Å². The van der Waals surface area contributed by atoms with E-state index in [-0.39, 0.29) is 30.9 Å². The van der Waals surface area contributed by atoms with Crippen LogP contribution in [0.3, 0.4) is 0 Å². The first-order valence-corrected chi connectivity index (χ1v) is 8.93. The van der Waals surface area contributed by atoms with E-state index in [4.69, 9.17) is 0 Å². The summed E-state index contributed by atoms with van der Waals surface area (Å²) in [5, 5.41) is 20.6. The van der Waals surface area contributed by atoms with Gasteiger partial charge in [-0.15, -0.1) is 10.2 Å². The summed E-state index contributed by atoms with van der Waals surface area (Å²) in [7, 11) is 0. The molecular weight excluding hydrogens is 332 g/mol. The number of amides is 1. The van der Waals surface area contributed by atoms with Crippen LogP contribution in [-0.2, 0) is 24.4 Å². The van der Waals surface area contributed by atoms with Gasteiger partial charge in [-0.2, -0.15) is 0 Å². The van der Waals surface area contributed by atoms with Gasteiger partial charge in [-0.3, -0.25) is 4.79 Å². The lowest BCUT2D eigenvalue weighted by molar-refractivity contribution is -0.121. The lowest BCUT2D eigenvalue weighted by atomic mass is 9.79. The Balaban J connectivity index is 1.32. The number of aromatic amines is 1. The number of aliphatic hydroxyl groups excluding tert-OH is 1. The molecule has 2 heterocycles. The predicted molar refractivity (Wildman–Crippen MR) is 95.3 cm³/mol. The quantitative estimate of drug-likeness (QED) is 0.618. The molecule has 1 fully saturated rings. The minimum atomic E-state index is -0.106. The number of benzene rings is 1. The molecule has 4 rings (SSSR count). The van der Waals surface area contributed by atoms with Gasteiger partial charge in [-0.1, -0.05) is 12.1 Å². The molecule has 1 saturated carbocycles. The molecule has 0 aliphatic heterocycles. The van der Waals surface area contributed by atoms with Crippen LogP contribution in [-0.4, -0.2) is 41.8 Å². The van der Waals surface area contributed by atoms with Crippen molar-refractivity contribution in [2.75, 3.05) is 0 Å². The van der Waals surface area contributed by atoms with Crippen molar-refractivity contribution in [3.8, 4) is 0 Å². The molecule has 3 N–H and O–H groups in total. The number of nitrogens with zero attached hydrogens (tertiary/aromatic N) is 4. The van der Waals surface area contributed by atoms with Crippen LogP contribution in [0.2, 0.25) is 0 Å². The van der Waals surface area contributed by atoms with E-state index >= 15 is 0 Å². The number of hydrogen-bond acceptors (Lipinski definition) is 5. The van der Waals surface area contributed by atoms with Gasteiger partial charge in [-0.05, 0) is 31.9 Å². The van der Waals surface area contributed by atoms with Gasteiger partial charge < -0.3 is 20.0 Å². The SMILES string of the molecule is CCn1c(CO)nnc1C1CC(NC(=O)Cc2nc3ccccc3[nH]2)C1. The fourth-order valence-electron chi connectivity index (χ4n) is 3.58. The van der Waals surface area contributed by atoms with Gasteiger partial charge in [0.25, 0.3) is 0 Å². The number of fused-ring (bicyclic) bond motifs is 1. The van der Waals surface area contributed by atoms with Gasteiger partial charge in [0.1, 0.15) is 18.3 Å². The Morgan fingerprint density at radius 2 is 2.15 bits per heavy atom. The normalized spacial score (nSPS) is 19.5. The summed E-state index contributed by atoms with van der Waals surface area (Å²) in [4.78, 5) is 19.9. The monoisotopic (exact) mass is 354 g/mol. The molecule has 26 heavy (non-hydrogen) atoms. The third kappa shape index (κ3) is 3.08. The summed E-state index contributed by atoms with van der Waals surface area (Å²) in [5.41, 5.74) is 1.81.